The highest BCUT2D eigenvalue weighted by Gasteiger charge is 2.10. The van der Waals surface area contributed by atoms with Gasteiger partial charge in [0.2, 0.25) is 0 Å². The van der Waals surface area contributed by atoms with Crippen molar-refractivity contribution in [2.24, 2.45) is 0 Å². The lowest BCUT2D eigenvalue weighted by atomic mass is 10.2. The molecule has 0 unspecified atom stereocenters. The van der Waals surface area contributed by atoms with Crippen LogP contribution in [0, 0.1) is 0 Å². The van der Waals surface area contributed by atoms with Crippen LogP contribution in [0.15, 0.2) is 42.5 Å². The topological polar surface area (TPSA) is 55.4 Å². The molecule has 4 nitrogen and oxygen atoms in total. The van der Waals surface area contributed by atoms with Gasteiger partial charge in [-0.3, -0.25) is 4.79 Å². The lowest BCUT2D eigenvalue weighted by Gasteiger charge is -2.07. The Balaban J connectivity index is 2.10. The summed E-state index contributed by atoms with van der Waals surface area (Å²) in [5, 5.41) is 3.47. The van der Waals surface area contributed by atoms with Crippen molar-refractivity contribution in [2.75, 3.05) is 11.9 Å². The Hall–Kier alpha value is -2.04. The third-order valence-corrected chi connectivity index (χ3v) is 3.22. The zero-order chi connectivity index (χ0) is 16.1. The van der Waals surface area contributed by atoms with Crippen LogP contribution in [0.4, 0.5) is 5.69 Å². The molecule has 0 aliphatic heterocycles. The fourth-order valence-corrected chi connectivity index (χ4v) is 2.32. The van der Waals surface area contributed by atoms with Crippen LogP contribution in [-0.4, -0.2) is 18.5 Å². The molecule has 0 fully saturated rings. The van der Waals surface area contributed by atoms with E-state index < -0.39 is 5.97 Å². The van der Waals surface area contributed by atoms with E-state index in [2.05, 4.69) is 5.32 Å². The van der Waals surface area contributed by atoms with Gasteiger partial charge in [0, 0.05) is 21.3 Å². The normalized spacial score (nSPS) is 10.1. The van der Waals surface area contributed by atoms with Crippen molar-refractivity contribution in [3.05, 3.63) is 63.6 Å². The van der Waals surface area contributed by atoms with E-state index in [1.54, 1.807) is 37.3 Å². The predicted octanol–water partition coefficient (Wildman–Crippen LogP) is 4.42. The van der Waals surface area contributed by atoms with Gasteiger partial charge in [-0.1, -0.05) is 23.2 Å². The highest BCUT2D eigenvalue weighted by molar-refractivity contribution is 6.35. The van der Waals surface area contributed by atoms with Crippen molar-refractivity contribution in [1.29, 1.82) is 0 Å². The second-order valence-electron chi connectivity index (χ2n) is 4.41. The number of hydrogen-bond donors (Lipinski definition) is 1. The number of rotatable bonds is 4. The molecule has 22 heavy (non-hydrogen) atoms. The smallest absolute Gasteiger partial charge is 0.338 e. The molecular weight excluding hydrogens is 325 g/mol. The van der Waals surface area contributed by atoms with Gasteiger partial charge in [-0.25, -0.2) is 4.79 Å². The summed E-state index contributed by atoms with van der Waals surface area (Å²) in [4.78, 5) is 23.7. The van der Waals surface area contributed by atoms with Crippen LogP contribution in [0.3, 0.4) is 0 Å². The number of amides is 1. The number of hydrogen-bond acceptors (Lipinski definition) is 3. The van der Waals surface area contributed by atoms with Crippen LogP contribution in [0.5, 0.6) is 0 Å². The monoisotopic (exact) mass is 337 g/mol. The third kappa shape index (κ3) is 4.23. The van der Waals surface area contributed by atoms with Crippen molar-refractivity contribution in [1.82, 2.24) is 0 Å². The summed E-state index contributed by atoms with van der Waals surface area (Å²) in [6.45, 7) is 2.05. The van der Waals surface area contributed by atoms with Crippen molar-refractivity contribution >= 4 is 40.8 Å². The molecule has 0 heterocycles. The number of carbonyl (C=O) groups is 2. The summed E-state index contributed by atoms with van der Waals surface area (Å²) in [5.41, 5.74) is 1.33. The molecule has 0 atom stereocenters. The third-order valence-electron chi connectivity index (χ3n) is 2.78. The number of nitrogens with one attached hydrogen (secondary N) is 1. The molecule has 0 spiro atoms. The number of ether oxygens (including phenoxy) is 1. The molecule has 114 valence electrons. The zero-order valence-electron chi connectivity index (χ0n) is 11.7. The fraction of sp³-hybridized carbons (Fsp3) is 0.125. The maximum atomic E-state index is 12.1. The van der Waals surface area contributed by atoms with Gasteiger partial charge in [-0.2, -0.15) is 0 Å². The standard InChI is InChI=1S/C16H13Cl2NO3/c1-2-22-16(21)10-3-5-14(6-4-10)19-15(20)11-7-12(17)9-13(18)8-11/h3-9H,2H2,1H3,(H,19,20). The molecule has 2 aromatic carbocycles. The molecule has 0 aliphatic rings. The van der Waals surface area contributed by atoms with Gasteiger partial charge < -0.3 is 10.1 Å². The van der Waals surface area contributed by atoms with Crippen molar-refractivity contribution < 1.29 is 14.3 Å². The van der Waals surface area contributed by atoms with E-state index in [1.165, 1.54) is 12.1 Å². The lowest BCUT2D eigenvalue weighted by molar-refractivity contribution is 0.0526. The lowest BCUT2D eigenvalue weighted by Crippen LogP contribution is -2.12. The van der Waals surface area contributed by atoms with Gasteiger partial charge in [-0.05, 0) is 49.4 Å². The van der Waals surface area contributed by atoms with Gasteiger partial charge in [-0.15, -0.1) is 0 Å². The fourth-order valence-electron chi connectivity index (χ4n) is 1.79. The molecule has 2 rings (SSSR count). The Bertz CT molecular complexity index is 679. The number of carbonyl (C=O) groups excluding carboxylic acids is 2. The second-order valence-corrected chi connectivity index (χ2v) is 5.28. The number of benzene rings is 2. The second kappa shape index (κ2) is 7.29. The minimum Gasteiger partial charge on any atom is -0.462 e. The average Bonchev–Trinajstić information content (AvgIpc) is 2.47. The minimum absolute atomic E-state index is 0.312. The highest BCUT2D eigenvalue weighted by atomic mass is 35.5. The summed E-state index contributed by atoms with van der Waals surface area (Å²) in [5.74, 6) is -0.740. The van der Waals surface area contributed by atoms with Gasteiger partial charge in [0.25, 0.3) is 5.91 Å². The van der Waals surface area contributed by atoms with Gasteiger partial charge in [0.15, 0.2) is 0 Å². The molecule has 0 bridgehead atoms. The van der Waals surface area contributed by atoms with E-state index in [1.807, 2.05) is 0 Å². The summed E-state index contributed by atoms with van der Waals surface area (Å²) in [6.07, 6.45) is 0. The molecule has 1 amide bonds. The van der Waals surface area contributed by atoms with Crippen molar-refractivity contribution in [3.8, 4) is 0 Å². The first-order chi connectivity index (χ1) is 10.5. The van der Waals surface area contributed by atoms with Crippen molar-refractivity contribution in [3.63, 3.8) is 0 Å². The Labute approximate surface area is 138 Å². The molecule has 1 N–H and O–H groups in total. The van der Waals surface area contributed by atoms with E-state index in [4.69, 9.17) is 27.9 Å². The van der Waals surface area contributed by atoms with Crippen LogP contribution in [0.25, 0.3) is 0 Å². The minimum atomic E-state index is -0.401. The van der Waals surface area contributed by atoms with Gasteiger partial charge in [0.1, 0.15) is 0 Å². The average molecular weight is 338 g/mol. The SMILES string of the molecule is CCOC(=O)c1ccc(NC(=O)c2cc(Cl)cc(Cl)c2)cc1. The number of esters is 1. The van der Waals surface area contributed by atoms with Crippen LogP contribution in [0.1, 0.15) is 27.6 Å². The number of halogens is 2. The Kier molecular flexibility index (Phi) is 5.41. The first-order valence-corrected chi connectivity index (χ1v) is 7.30. The van der Waals surface area contributed by atoms with E-state index in [9.17, 15) is 9.59 Å². The highest BCUT2D eigenvalue weighted by Crippen LogP contribution is 2.20. The molecule has 0 aromatic heterocycles. The Morgan fingerprint density at radius 2 is 1.59 bits per heavy atom. The van der Waals surface area contributed by atoms with Crippen LogP contribution in [-0.2, 0) is 4.74 Å². The predicted molar refractivity (Wildman–Crippen MR) is 86.8 cm³/mol. The maximum absolute atomic E-state index is 12.1. The Morgan fingerprint density at radius 3 is 2.14 bits per heavy atom. The van der Waals surface area contributed by atoms with E-state index >= 15 is 0 Å². The summed E-state index contributed by atoms with van der Waals surface area (Å²) in [6, 6.07) is 11.0. The first-order valence-electron chi connectivity index (χ1n) is 6.54. The molecule has 0 saturated heterocycles. The zero-order valence-corrected chi connectivity index (χ0v) is 13.2. The maximum Gasteiger partial charge on any atom is 0.338 e. The molecule has 6 heteroatoms. The van der Waals surface area contributed by atoms with Crippen LogP contribution < -0.4 is 5.32 Å². The quantitative estimate of drug-likeness (QED) is 0.840. The van der Waals surface area contributed by atoms with E-state index in [0.29, 0.717) is 33.5 Å². The molecule has 0 radical (unpaired) electrons. The largest absolute Gasteiger partial charge is 0.462 e. The Morgan fingerprint density at radius 1 is 1.00 bits per heavy atom. The summed E-state index contributed by atoms with van der Waals surface area (Å²) < 4.78 is 4.89. The van der Waals surface area contributed by atoms with Crippen molar-refractivity contribution in [2.45, 2.75) is 6.92 Å². The van der Waals surface area contributed by atoms with Crippen LogP contribution in [0.2, 0.25) is 10.0 Å². The van der Waals surface area contributed by atoms with Gasteiger partial charge >= 0.3 is 5.97 Å². The molecule has 2 aromatic rings. The summed E-state index contributed by atoms with van der Waals surface area (Å²) in [7, 11) is 0. The first kappa shape index (κ1) is 16.3. The molecule has 0 saturated carbocycles. The van der Waals surface area contributed by atoms with E-state index in [-0.39, 0.29) is 5.91 Å². The van der Waals surface area contributed by atoms with E-state index in [0.717, 1.165) is 0 Å². The summed E-state index contributed by atoms with van der Waals surface area (Å²) >= 11 is 11.7. The van der Waals surface area contributed by atoms with Crippen LogP contribution >= 0.6 is 23.2 Å². The molecular formula is C16H13Cl2NO3. The van der Waals surface area contributed by atoms with Gasteiger partial charge in [0.05, 0.1) is 12.2 Å². The molecule has 0 aliphatic carbocycles. The number of anilines is 1.